The largest absolute Gasteiger partial charge is 0.465 e. The summed E-state index contributed by atoms with van der Waals surface area (Å²) in [5.41, 5.74) is 0. The Labute approximate surface area is 95.1 Å². The molecule has 0 saturated carbocycles. The molecule has 1 aliphatic heterocycles. The van der Waals surface area contributed by atoms with Crippen molar-refractivity contribution in [3.63, 3.8) is 0 Å². The maximum atomic E-state index is 11.7. The Bertz CT molecular complexity index is 428. The van der Waals surface area contributed by atoms with Gasteiger partial charge in [-0.25, -0.2) is 8.42 Å². The molecule has 0 amide bonds. The number of ether oxygens (including phenoxy) is 1. The van der Waals surface area contributed by atoms with E-state index >= 15 is 0 Å². The van der Waals surface area contributed by atoms with Gasteiger partial charge in [-0.15, -0.1) is 0 Å². The average molecular weight is 245 g/mol. The molecule has 0 aromatic carbocycles. The predicted molar refractivity (Wildman–Crippen MR) is 58.1 cm³/mol. The third kappa shape index (κ3) is 1.76. The van der Waals surface area contributed by atoms with Crippen molar-refractivity contribution in [3.05, 3.63) is 12.2 Å². The van der Waals surface area contributed by atoms with Gasteiger partial charge in [0.2, 0.25) is 10.0 Å². The Morgan fingerprint density at radius 2 is 2.19 bits per heavy atom. The van der Waals surface area contributed by atoms with Crippen LogP contribution in [-0.4, -0.2) is 43.6 Å². The first-order valence-electron chi connectivity index (χ1n) is 5.28. The summed E-state index contributed by atoms with van der Waals surface area (Å²) < 4.78 is 29.5. The van der Waals surface area contributed by atoms with Crippen LogP contribution in [0.4, 0.5) is 0 Å². The average Bonchev–Trinajstić information content (AvgIpc) is 2.74. The summed E-state index contributed by atoms with van der Waals surface area (Å²) in [7, 11) is -3.36. The molecule has 3 atom stereocenters. The number of esters is 1. The Hall–Kier alpha value is -0.880. The quantitative estimate of drug-likeness (QED) is 0.524. The molecule has 0 radical (unpaired) electrons. The van der Waals surface area contributed by atoms with Gasteiger partial charge in [0.05, 0.1) is 12.9 Å². The zero-order valence-corrected chi connectivity index (χ0v) is 10.1. The lowest BCUT2D eigenvalue weighted by molar-refractivity contribution is -0.148. The molecular formula is C10H15NO4S. The Balaban J connectivity index is 2.29. The van der Waals surface area contributed by atoms with Gasteiger partial charge in [0.25, 0.3) is 0 Å². The minimum Gasteiger partial charge on any atom is -0.465 e. The molecular weight excluding hydrogens is 230 g/mol. The summed E-state index contributed by atoms with van der Waals surface area (Å²) in [6.07, 6.45) is 5.58. The molecule has 16 heavy (non-hydrogen) atoms. The van der Waals surface area contributed by atoms with Crippen LogP contribution in [0.2, 0.25) is 0 Å². The molecule has 90 valence electrons. The minimum atomic E-state index is -3.36. The lowest BCUT2D eigenvalue weighted by atomic mass is 10.0. The van der Waals surface area contributed by atoms with E-state index in [9.17, 15) is 13.2 Å². The molecule has 1 saturated heterocycles. The van der Waals surface area contributed by atoms with Gasteiger partial charge in [-0.2, -0.15) is 4.31 Å². The normalized spacial score (nSPS) is 33.2. The van der Waals surface area contributed by atoms with E-state index in [4.69, 9.17) is 4.74 Å². The van der Waals surface area contributed by atoms with Crippen LogP contribution in [0.1, 0.15) is 13.3 Å². The van der Waals surface area contributed by atoms with Gasteiger partial charge in [-0.1, -0.05) is 12.2 Å². The molecule has 1 unspecified atom stereocenters. The van der Waals surface area contributed by atoms with Gasteiger partial charge < -0.3 is 4.74 Å². The molecule has 2 rings (SSSR count). The highest BCUT2D eigenvalue weighted by molar-refractivity contribution is 7.88. The molecule has 1 heterocycles. The molecule has 2 bridgehead atoms. The Morgan fingerprint density at radius 3 is 2.75 bits per heavy atom. The van der Waals surface area contributed by atoms with Gasteiger partial charge in [-0.3, -0.25) is 4.79 Å². The van der Waals surface area contributed by atoms with Crippen LogP contribution in [-0.2, 0) is 19.6 Å². The van der Waals surface area contributed by atoms with E-state index in [1.807, 2.05) is 12.2 Å². The fourth-order valence-electron chi connectivity index (χ4n) is 2.48. The zero-order chi connectivity index (χ0) is 11.9. The first-order chi connectivity index (χ1) is 7.45. The van der Waals surface area contributed by atoms with Gasteiger partial charge >= 0.3 is 5.97 Å². The lowest BCUT2D eigenvalue weighted by Crippen LogP contribution is -2.47. The smallest absolute Gasteiger partial charge is 0.325 e. The second-order valence-electron chi connectivity index (χ2n) is 4.14. The number of hydrogen-bond donors (Lipinski definition) is 0. The van der Waals surface area contributed by atoms with Crippen LogP contribution in [0.15, 0.2) is 12.2 Å². The highest BCUT2D eigenvalue weighted by Gasteiger charge is 2.51. The summed E-state index contributed by atoms with van der Waals surface area (Å²) in [4.78, 5) is 11.7. The van der Waals surface area contributed by atoms with E-state index in [-0.39, 0.29) is 18.6 Å². The molecule has 0 aromatic heterocycles. The predicted octanol–water partition coefficient (Wildman–Crippen LogP) is 0.138. The third-order valence-corrected chi connectivity index (χ3v) is 4.28. The number of carbonyl (C=O) groups is 1. The van der Waals surface area contributed by atoms with Crippen molar-refractivity contribution < 1.29 is 17.9 Å². The van der Waals surface area contributed by atoms with Crippen LogP contribution < -0.4 is 0 Å². The molecule has 6 heteroatoms. The van der Waals surface area contributed by atoms with Crippen molar-refractivity contribution in [1.29, 1.82) is 0 Å². The van der Waals surface area contributed by atoms with Gasteiger partial charge in [-0.05, 0) is 13.3 Å². The Morgan fingerprint density at radius 1 is 1.50 bits per heavy atom. The van der Waals surface area contributed by atoms with Crippen LogP contribution in [0.25, 0.3) is 0 Å². The van der Waals surface area contributed by atoms with Crippen molar-refractivity contribution in [3.8, 4) is 0 Å². The van der Waals surface area contributed by atoms with Crippen LogP contribution >= 0.6 is 0 Å². The van der Waals surface area contributed by atoms with E-state index in [2.05, 4.69) is 0 Å². The molecule has 0 aromatic rings. The topological polar surface area (TPSA) is 63.7 Å². The number of nitrogens with zero attached hydrogens (tertiary/aromatic N) is 1. The van der Waals surface area contributed by atoms with Crippen molar-refractivity contribution in [2.75, 3.05) is 12.9 Å². The van der Waals surface area contributed by atoms with Crippen molar-refractivity contribution >= 4 is 16.0 Å². The minimum absolute atomic E-state index is 0.0289. The number of sulfonamides is 1. The standard InChI is InChI=1S/C10H15NO4S/c1-3-15-10(12)9-7-4-5-8(6-7)11(9)16(2,13)14/h4-5,7-9H,3,6H2,1-2H3/t7-,8+,9?/m0/s1. The van der Waals surface area contributed by atoms with Gasteiger partial charge in [0, 0.05) is 12.0 Å². The second kappa shape index (κ2) is 3.85. The van der Waals surface area contributed by atoms with E-state index in [1.165, 1.54) is 4.31 Å². The monoisotopic (exact) mass is 245 g/mol. The number of carbonyl (C=O) groups excluding carboxylic acids is 1. The van der Waals surface area contributed by atoms with Crippen LogP contribution in [0.3, 0.4) is 0 Å². The van der Waals surface area contributed by atoms with Crippen LogP contribution in [0.5, 0.6) is 0 Å². The number of fused-ring (bicyclic) bond motifs is 2. The van der Waals surface area contributed by atoms with Crippen molar-refractivity contribution in [2.24, 2.45) is 5.92 Å². The highest BCUT2D eigenvalue weighted by atomic mass is 32.2. The van der Waals surface area contributed by atoms with E-state index in [1.54, 1.807) is 6.92 Å². The summed E-state index contributed by atoms with van der Waals surface area (Å²) in [5.74, 6) is -0.469. The van der Waals surface area contributed by atoms with Gasteiger partial charge in [0.1, 0.15) is 6.04 Å². The van der Waals surface area contributed by atoms with E-state index in [0.717, 1.165) is 6.26 Å². The first-order valence-corrected chi connectivity index (χ1v) is 7.13. The SMILES string of the molecule is CCOC(=O)C1[C@H]2C=C[C@H](C2)N1S(C)(=O)=O. The highest BCUT2D eigenvalue weighted by Crippen LogP contribution is 2.39. The number of hydrogen-bond acceptors (Lipinski definition) is 4. The molecule has 2 aliphatic rings. The third-order valence-electron chi connectivity index (χ3n) is 3.01. The molecule has 1 aliphatic carbocycles. The fraction of sp³-hybridized carbons (Fsp3) is 0.700. The molecule has 5 nitrogen and oxygen atoms in total. The Kier molecular flexibility index (Phi) is 2.79. The zero-order valence-electron chi connectivity index (χ0n) is 9.29. The van der Waals surface area contributed by atoms with Crippen molar-refractivity contribution in [2.45, 2.75) is 25.4 Å². The van der Waals surface area contributed by atoms with Crippen molar-refractivity contribution in [1.82, 2.24) is 4.31 Å². The maximum Gasteiger partial charge on any atom is 0.325 e. The summed E-state index contributed by atoms with van der Waals surface area (Å²) in [6, 6.07) is -0.834. The summed E-state index contributed by atoms with van der Waals surface area (Å²) in [6.45, 7) is 1.99. The lowest BCUT2D eigenvalue weighted by Gasteiger charge is -2.28. The fourth-order valence-corrected chi connectivity index (χ4v) is 3.79. The van der Waals surface area contributed by atoms with Gasteiger partial charge in [0.15, 0.2) is 0 Å². The molecule has 1 fully saturated rings. The first kappa shape index (κ1) is 11.6. The molecule has 0 N–H and O–H groups in total. The summed E-state index contributed by atoms with van der Waals surface area (Å²) >= 11 is 0. The molecule has 0 spiro atoms. The van der Waals surface area contributed by atoms with Crippen LogP contribution in [0, 0.1) is 5.92 Å². The van der Waals surface area contributed by atoms with E-state index < -0.39 is 22.0 Å². The van der Waals surface area contributed by atoms with E-state index in [0.29, 0.717) is 6.42 Å². The summed E-state index contributed by atoms with van der Waals surface area (Å²) in [5, 5.41) is 0. The maximum absolute atomic E-state index is 11.7. The number of rotatable bonds is 3. The second-order valence-corrected chi connectivity index (χ2v) is 6.03.